The van der Waals surface area contributed by atoms with Crippen LogP contribution in [0.2, 0.25) is 0 Å². The van der Waals surface area contributed by atoms with Gasteiger partial charge in [0.15, 0.2) is 5.78 Å². The fraction of sp³-hybridized carbons (Fsp3) is 0.480. The van der Waals surface area contributed by atoms with Crippen molar-refractivity contribution in [3.63, 3.8) is 0 Å². The van der Waals surface area contributed by atoms with Crippen molar-refractivity contribution < 1.29 is 29.4 Å². The zero-order chi connectivity index (χ0) is 19.5. The number of carbonyl (C=O) groups excluding carboxylic acids is 1. The van der Waals surface area contributed by atoms with E-state index in [1.54, 1.807) is 12.1 Å². The number of allylic oxidation sites excluding steroid dienone is 6. The van der Waals surface area contributed by atoms with Gasteiger partial charge in [0, 0.05) is 25.0 Å². The number of ketones is 1. The third-order valence-corrected chi connectivity index (χ3v) is 6.93. The fourth-order valence-corrected chi connectivity index (χ4v) is 4.73. The number of hydrogen-bond acceptors (Lipinski definition) is 2. The predicted octanol–water partition coefficient (Wildman–Crippen LogP) is 5.61. The molecule has 4 rings (SSSR count). The van der Waals surface area contributed by atoms with E-state index < -0.39 is 0 Å². The molecular weight excluding hydrogens is 435 g/mol. The number of Topliss-reactive ketones (excluding diaryl/α,β-unsaturated/α-hetero) is 1. The van der Waals surface area contributed by atoms with Crippen LogP contribution >= 0.6 is 0 Å². The van der Waals surface area contributed by atoms with E-state index in [0.29, 0.717) is 11.1 Å². The average Bonchev–Trinajstić information content (AvgIpc) is 2.94. The Hall–Kier alpha value is -1.47. The smallest absolute Gasteiger partial charge is 0.188 e. The van der Waals surface area contributed by atoms with Crippen molar-refractivity contribution in [3.8, 4) is 0 Å². The summed E-state index contributed by atoms with van der Waals surface area (Å²) in [5, 5.41) is 12.7. The first kappa shape index (κ1) is 22.8. The molecule has 0 heterocycles. The SMILES string of the molecule is C1=C\CC/C=C\CC/1.CC1(C)[C@@H]2CC[C@@]1(C)C([O-])=C2C(=O)c1ccccc1.[Rh]. The van der Waals surface area contributed by atoms with Gasteiger partial charge in [-0.1, -0.05) is 75.4 Å². The molecule has 153 valence electrons. The zero-order valence-corrected chi connectivity index (χ0v) is 18.8. The van der Waals surface area contributed by atoms with Crippen LogP contribution in [-0.4, -0.2) is 5.78 Å². The van der Waals surface area contributed by atoms with Crippen LogP contribution in [-0.2, 0) is 19.5 Å². The van der Waals surface area contributed by atoms with Gasteiger partial charge in [-0.3, -0.25) is 4.79 Å². The molecule has 1 saturated carbocycles. The Kier molecular flexibility index (Phi) is 7.62. The van der Waals surface area contributed by atoms with Gasteiger partial charge in [0.05, 0.1) is 0 Å². The number of rotatable bonds is 2. The summed E-state index contributed by atoms with van der Waals surface area (Å²) in [5.41, 5.74) is 0.740. The minimum atomic E-state index is -0.350. The topological polar surface area (TPSA) is 40.1 Å². The van der Waals surface area contributed by atoms with Crippen LogP contribution in [0.25, 0.3) is 0 Å². The predicted molar refractivity (Wildman–Crippen MR) is 109 cm³/mol. The Morgan fingerprint density at radius 1 is 0.929 bits per heavy atom. The van der Waals surface area contributed by atoms with Gasteiger partial charge in [-0.25, -0.2) is 0 Å². The van der Waals surface area contributed by atoms with Crippen molar-refractivity contribution in [2.24, 2.45) is 16.7 Å². The van der Waals surface area contributed by atoms with Crippen LogP contribution in [0.15, 0.2) is 66.0 Å². The summed E-state index contributed by atoms with van der Waals surface area (Å²) in [6.45, 7) is 6.29. The van der Waals surface area contributed by atoms with Gasteiger partial charge in [0.2, 0.25) is 0 Å². The molecule has 2 atom stereocenters. The normalized spacial score (nSPS) is 29.6. The van der Waals surface area contributed by atoms with Crippen LogP contribution in [0.4, 0.5) is 0 Å². The number of benzene rings is 1. The van der Waals surface area contributed by atoms with E-state index in [4.69, 9.17) is 0 Å². The van der Waals surface area contributed by atoms with Gasteiger partial charge >= 0.3 is 0 Å². The first-order valence-corrected chi connectivity index (χ1v) is 10.2. The minimum absolute atomic E-state index is 0. The second kappa shape index (κ2) is 9.35. The maximum atomic E-state index is 12.7. The minimum Gasteiger partial charge on any atom is -0.875 e. The van der Waals surface area contributed by atoms with Crippen LogP contribution in [0.1, 0.15) is 69.7 Å². The molecule has 28 heavy (non-hydrogen) atoms. The Bertz CT molecular complexity index is 747. The van der Waals surface area contributed by atoms with Crippen LogP contribution < -0.4 is 5.11 Å². The van der Waals surface area contributed by atoms with Gasteiger partial charge in [-0.05, 0) is 60.8 Å². The maximum Gasteiger partial charge on any atom is 0.188 e. The van der Waals surface area contributed by atoms with E-state index in [9.17, 15) is 9.90 Å². The quantitative estimate of drug-likeness (QED) is 0.323. The second-order valence-corrected chi connectivity index (χ2v) is 8.68. The second-order valence-electron chi connectivity index (χ2n) is 8.68. The molecule has 0 spiro atoms. The van der Waals surface area contributed by atoms with E-state index in [-0.39, 0.29) is 47.8 Å². The van der Waals surface area contributed by atoms with Crippen molar-refractivity contribution >= 4 is 5.78 Å². The van der Waals surface area contributed by atoms with Gasteiger partial charge in [-0.2, -0.15) is 0 Å². The molecule has 2 nitrogen and oxygen atoms in total. The largest absolute Gasteiger partial charge is 0.875 e. The molecule has 1 aromatic carbocycles. The third-order valence-electron chi connectivity index (χ3n) is 6.93. The molecule has 1 radical (unpaired) electrons. The summed E-state index contributed by atoms with van der Waals surface area (Å²) in [4.78, 5) is 12.6. The number of carbonyl (C=O) groups is 1. The molecule has 0 unspecified atom stereocenters. The molecule has 0 aliphatic heterocycles. The van der Waals surface area contributed by atoms with Crippen LogP contribution in [0.3, 0.4) is 0 Å². The number of hydrogen-bond donors (Lipinski definition) is 0. The van der Waals surface area contributed by atoms with Crippen molar-refractivity contribution in [1.82, 2.24) is 0 Å². The molecule has 1 aromatic rings. The Morgan fingerprint density at radius 2 is 1.43 bits per heavy atom. The van der Waals surface area contributed by atoms with Gasteiger partial charge in [0.25, 0.3) is 0 Å². The third kappa shape index (κ3) is 4.10. The van der Waals surface area contributed by atoms with Crippen molar-refractivity contribution in [2.45, 2.75) is 59.3 Å². The van der Waals surface area contributed by atoms with E-state index in [2.05, 4.69) is 38.2 Å². The first-order valence-electron chi connectivity index (χ1n) is 10.2. The standard InChI is InChI=1S/C17H20O2.C8H12.Rh/c1-16(2)12-9-10-17(16,3)15(19)13(12)14(18)11-7-5-4-6-8-11;1-2-4-6-8-7-5-3-1;/h4-8,12,19H,9-10H2,1-3H3;1-2,7-8H,3-6H2;/p-1/b;2-1-,8-7-;/t12-,17+;;/m1../s1. The first-order chi connectivity index (χ1) is 12.9. The van der Waals surface area contributed by atoms with Crippen LogP contribution in [0, 0.1) is 16.7 Å². The molecule has 3 aliphatic rings. The summed E-state index contributed by atoms with van der Waals surface area (Å²) in [6, 6.07) is 9.17. The molecular formula is C25H31O2Rh-. The summed E-state index contributed by atoms with van der Waals surface area (Å²) in [6.07, 6.45) is 15.9. The zero-order valence-electron chi connectivity index (χ0n) is 17.2. The molecule has 0 aromatic heterocycles. The molecule has 0 amide bonds. The summed E-state index contributed by atoms with van der Waals surface area (Å²) in [5.74, 6) is 0.146. The summed E-state index contributed by atoms with van der Waals surface area (Å²) < 4.78 is 0. The summed E-state index contributed by atoms with van der Waals surface area (Å²) in [7, 11) is 0. The average molecular weight is 466 g/mol. The summed E-state index contributed by atoms with van der Waals surface area (Å²) >= 11 is 0. The molecule has 2 bridgehead atoms. The fourth-order valence-electron chi connectivity index (χ4n) is 4.73. The maximum absolute atomic E-state index is 12.7. The van der Waals surface area contributed by atoms with E-state index in [1.165, 1.54) is 25.7 Å². The van der Waals surface area contributed by atoms with E-state index in [1.807, 2.05) is 25.1 Å². The van der Waals surface area contributed by atoms with Crippen molar-refractivity contribution in [3.05, 3.63) is 71.5 Å². The van der Waals surface area contributed by atoms with Crippen molar-refractivity contribution in [1.29, 1.82) is 0 Å². The molecule has 3 aliphatic carbocycles. The number of fused-ring (bicyclic) bond motifs is 2. The van der Waals surface area contributed by atoms with Gasteiger partial charge in [-0.15, -0.1) is 5.76 Å². The molecule has 1 fully saturated rings. The van der Waals surface area contributed by atoms with E-state index in [0.717, 1.165) is 12.8 Å². The molecule has 0 N–H and O–H groups in total. The Morgan fingerprint density at radius 3 is 1.86 bits per heavy atom. The van der Waals surface area contributed by atoms with Gasteiger partial charge in [0.1, 0.15) is 0 Å². The van der Waals surface area contributed by atoms with Crippen LogP contribution in [0.5, 0.6) is 0 Å². The van der Waals surface area contributed by atoms with Gasteiger partial charge < -0.3 is 5.11 Å². The monoisotopic (exact) mass is 466 g/mol. The molecule has 0 saturated heterocycles. The van der Waals surface area contributed by atoms with Crippen molar-refractivity contribution in [2.75, 3.05) is 0 Å². The molecule has 3 heteroatoms. The Balaban J connectivity index is 0.000000264. The van der Waals surface area contributed by atoms with E-state index >= 15 is 0 Å². The Labute approximate surface area is 182 Å².